The van der Waals surface area contributed by atoms with E-state index in [0.29, 0.717) is 0 Å². The van der Waals surface area contributed by atoms with Crippen LogP contribution in [-0.4, -0.2) is 49.9 Å². The maximum Gasteiger partial charge on any atom is 0.273 e. The first-order valence-corrected chi connectivity index (χ1v) is 13.7. The Morgan fingerprint density at radius 1 is 0.750 bits per heavy atom. The van der Waals surface area contributed by atoms with Gasteiger partial charge in [0.2, 0.25) is 0 Å². The molecule has 0 aliphatic carbocycles. The van der Waals surface area contributed by atoms with Crippen LogP contribution in [-0.2, 0) is 0 Å². The van der Waals surface area contributed by atoms with Gasteiger partial charge in [-0.1, -0.05) is 90.4 Å². The molecule has 166 valence electrons. The SMILES string of the molecule is CCCCN(CCCC)C(=S)SSC(=S)N(CCCC)CCCC.NC(=O)S. The summed E-state index contributed by atoms with van der Waals surface area (Å²) in [5.74, 6) is 0. The Kier molecular flexibility index (Phi) is 24.0. The zero-order chi connectivity index (χ0) is 21.8. The molecule has 0 heterocycles. The summed E-state index contributed by atoms with van der Waals surface area (Å²) in [4.78, 5) is 13.8. The van der Waals surface area contributed by atoms with E-state index in [-0.39, 0.29) is 0 Å². The monoisotopic (exact) mass is 485 g/mol. The molecule has 0 aliphatic rings. The largest absolute Gasteiger partial charge is 0.361 e. The quantitative estimate of drug-likeness (QED) is 0.180. The number of carbonyl (C=O) groups is 1. The van der Waals surface area contributed by atoms with Crippen LogP contribution in [0.15, 0.2) is 0 Å². The highest BCUT2D eigenvalue weighted by Gasteiger charge is 2.14. The van der Waals surface area contributed by atoms with Gasteiger partial charge >= 0.3 is 0 Å². The molecular weight excluding hydrogens is 447 g/mol. The molecule has 0 atom stereocenters. The van der Waals surface area contributed by atoms with Crippen molar-refractivity contribution in [3.05, 3.63) is 0 Å². The van der Waals surface area contributed by atoms with Crippen LogP contribution in [0.5, 0.6) is 0 Å². The first-order chi connectivity index (χ1) is 13.3. The van der Waals surface area contributed by atoms with Gasteiger partial charge in [0.1, 0.15) is 8.64 Å². The average molecular weight is 486 g/mol. The van der Waals surface area contributed by atoms with Crippen molar-refractivity contribution in [2.24, 2.45) is 5.73 Å². The third-order valence-electron chi connectivity index (χ3n) is 3.83. The lowest BCUT2D eigenvalue weighted by molar-refractivity contribution is 0.267. The van der Waals surface area contributed by atoms with Gasteiger partial charge in [-0.2, -0.15) is 0 Å². The average Bonchev–Trinajstić information content (AvgIpc) is 2.65. The smallest absolute Gasteiger partial charge is 0.273 e. The lowest BCUT2D eigenvalue weighted by Crippen LogP contribution is -2.31. The van der Waals surface area contributed by atoms with Crippen LogP contribution in [0.4, 0.5) is 4.79 Å². The number of nitrogens with zero attached hydrogens (tertiary/aromatic N) is 2. The third kappa shape index (κ3) is 19.6. The molecule has 0 aromatic carbocycles. The molecule has 9 heteroatoms. The molecule has 1 amide bonds. The normalized spacial score (nSPS) is 10.0. The van der Waals surface area contributed by atoms with E-state index in [1.165, 1.54) is 51.4 Å². The Bertz CT molecular complexity index is 372. The second kappa shape index (κ2) is 22.0. The van der Waals surface area contributed by atoms with Gasteiger partial charge in [-0.25, -0.2) is 0 Å². The van der Waals surface area contributed by atoms with Gasteiger partial charge in [-0.3, -0.25) is 4.79 Å². The third-order valence-corrected chi connectivity index (χ3v) is 7.56. The Morgan fingerprint density at radius 2 is 0.964 bits per heavy atom. The zero-order valence-electron chi connectivity index (χ0n) is 17.9. The van der Waals surface area contributed by atoms with E-state index in [1.807, 2.05) is 0 Å². The summed E-state index contributed by atoms with van der Waals surface area (Å²) in [6.07, 6.45) is 9.67. The minimum atomic E-state index is -0.639. The number of rotatable bonds is 12. The molecule has 0 spiro atoms. The highest BCUT2D eigenvalue weighted by Crippen LogP contribution is 2.29. The van der Waals surface area contributed by atoms with Crippen LogP contribution in [0.25, 0.3) is 0 Å². The highest BCUT2D eigenvalue weighted by atomic mass is 33.1. The van der Waals surface area contributed by atoms with Crippen molar-refractivity contribution in [3.63, 3.8) is 0 Å². The molecule has 0 aliphatic heterocycles. The predicted octanol–water partition coefficient (Wildman–Crippen LogP) is 6.74. The molecule has 0 rings (SSSR count). The molecular formula is C19H39N3OS5. The van der Waals surface area contributed by atoms with Gasteiger partial charge in [0.25, 0.3) is 5.24 Å². The van der Waals surface area contributed by atoms with Crippen molar-refractivity contribution in [1.82, 2.24) is 9.80 Å². The fraction of sp³-hybridized carbons (Fsp3) is 0.842. The summed E-state index contributed by atoms with van der Waals surface area (Å²) in [7, 11) is 3.36. The molecule has 0 bridgehead atoms. The standard InChI is InChI=1S/C18H36N2S4.CH3NOS/c1-5-9-13-19(14-10-6-2)17(21)23-24-18(22)20(15-11-7-3)16-12-8-4;2-1(3)4/h5-16H2,1-4H3;(H3,2,3,4). The fourth-order valence-corrected chi connectivity index (χ4v) is 4.92. The van der Waals surface area contributed by atoms with Crippen LogP contribution in [0, 0.1) is 0 Å². The molecule has 0 unspecified atom stereocenters. The van der Waals surface area contributed by atoms with Crippen molar-refractivity contribution in [3.8, 4) is 0 Å². The van der Waals surface area contributed by atoms with Crippen molar-refractivity contribution in [2.45, 2.75) is 79.1 Å². The van der Waals surface area contributed by atoms with E-state index in [4.69, 9.17) is 29.2 Å². The van der Waals surface area contributed by atoms with E-state index < -0.39 is 5.24 Å². The predicted molar refractivity (Wildman–Crippen MR) is 142 cm³/mol. The Hall–Kier alpha value is 0.300. The zero-order valence-corrected chi connectivity index (χ0v) is 22.1. The summed E-state index contributed by atoms with van der Waals surface area (Å²) in [5, 5.41) is -0.639. The highest BCUT2D eigenvalue weighted by molar-refractivity contribution is 8.89. The van der Waals surface area contributed by atoms with Gasteiger partial charge in [-0.15, -0.1) is 0 Å². The van der Waals surface area contributed by atoms with Gasteiger partial charge in [-0.05, 0) is 47.3 Å². The molecule has 0 fully saturated rings. The topological polar surface area (TPSA) is 49.6 Å². The number of thiocarbonyl (C=S) groups is 2. The molecule has 28 heavy (non-hydrogen) atoms. The summed E-state index contributed by atoms with van der Waals surface area (Å²) < 4.78 is 1.99. The lowest BCUT2D eigenvalue weighted by Gasteiger charge is -2.27. The Morgan fingerprint density at radius 3 is 1.14 bits per heavy atom. The van der Waals surface area contributed by atoms with Crippen LogP contribution >= 0.6 is 58.7 Å². The first-order valence-electron chi connectivity index (χ1n) is 10.2. The minimum absolute atomic E-state index is 0.639. The van der Waals surface area contributed by atoms with E-state index in [1.54, 1.807) is 21.6 Å². The summed E-state index contributed by atoms with van der Waals surface area (Å²) >= 11 is 14.4. The summed E-state index contributed by atoms with van der Waals surface area (Å²) in [6.45, 7) is 13.2. The maximum atomic E-state index is 9.09. The summed E-state index contributed by atoms with van der Waals surface area (Å²) in [5.41, 5.74) is 4.34. The lowest BCUT2D eigenvalue weighted by atomic mass is 10.3. The van der Waals surface area contributed by atoms with Crippen molar-refractivity contribution in [1.29, 1.82) is 0 Å². The van der Waals surface area contributed by atoms with Crippen LogP contribution in [0.3, 0.4) is 0 Å². The molecule has 2 N–H and O–H groups in total. The number of hydrogen-bond donors (Lipinski definition) is 2. The van der Waals surface area contributed by atoms with Crippen molar-refractivity contribution in [2.75, 3.05) is 26.2 Å². The van der Waals surface area contributed by atoms with E-state index >= 15 is 0 Å². The van der Waals surface area contributed by atoms with Gasteiger partial charge < -0.3 is 15.5 Å². The number of nitrogens with two attached hydrogens (primary N) is 1. The number of carbonyl (C=O) groups excluding carboxylic acids is 1. The van der Waals surface area contributed by atoms with E-state index in [0.717, 1.165) is 34.8 Å². The molecule has 0 aromatic rings. The Balaban J connectivity index is 0. The van der Waals surface area contributed by atoms with Crippen LogP contribution in [0.1, 0.15) is 79.1 Å². The van der Waals surface area contributed by atoms with Crippen LogP contribution < -0.4 is 5.73 Å². The summed E-state index contributed by atoms with van der Waals surface area (Å²) in [6, 6.07) is 0. The van der Waals surface area contributed by atoms with Gasteiger partial charge in [0.15, 0.2) is 0 Å². The first kappa shape index (κ1) is 30.5. The second-order valence-corrected chi connectivity index (χ2v) is 10.3. The molecule has 0 saturated heterocycles. The molecule has 0 radical (unpaired) electrons. The van der Waals surface area contributed by atoms with E-state index in [2.05, 4.69) is 55.9 Å². The van der Waals surface area contributed by atoms with Crippen molar-refractivity contribution < 1.29 is 4.79 Å². The maximum absolute atomic E-state index is 9.09. The number of hydrogen-bond acceptors (Lipinski definition) is 5. The number of primary amides is 1. The number of amides is 1. The minimum Gasteiger partial charge on any atom is -0.361 e. The molecule has 4 nitrogen and oxygen atoms in total. The Labute approximate surface area is 197 Å². The van der Waals surface area contributed by atoms with Crippen molar-refractivity contribution >= 4 is 72.5 Å². The molecule has 0 aromatic heterocycles. The van der Waals surface area contributed by atoms with Gasteiger partial charge in [0, 0.05) is 26.2 Å². The van der Waals surface area contributed by atoms with Crippen LogP contribution in [0.2, 0.25) is 0 Å². The number of thiol groups is 1. The van der Waals surface area contributed by atoms with E-state index in [9.17, 15) is 0 Å². The molecule has 0 saturated carbocycles. The fourth-order valence-electron chi connectivity index (χ4n) is 2.16. The number of unbranched alkanes of at least 4 members (excludes halogenated alkanes) is 4. The second-order valence-electron chi connectivity index (χ2n) is 6.43. The van der Waals surface area contributed by atoms with Gasteiger partial charge in [0.05, 0.1) is 0 Å².